The molecular formula is C22H22F2N2. The highest BCUT2D eigenvalue weighted by Gasteiger charge is 2.28. The molecule has 2 nitrogen and oxygen atoms in total. The zero-order valence-electron chi connectivity index (χ0n) is 14.8. The van der Waals surface area contributed by atoms with E-state index in [0.717, 1.165) is 37.3 Å². The first kappa shape index (κ1) is 17.0. The van der Waals surface area contributed by atoms with Crippen LogP contribution in [0.3, 0.4) is 0 Å². The SMILES string of the molecule is Cc1cccc(CN2CCCn3cccc3[C@H]2c2ccc(F)c(F)c2)c1. The molecular weight excluding hydrogens is 330 g/mol. The molecule has 4 rings (SSSR count). The Bertz CT molecular complexity index is 916. The average molecular weight is 352 g/mol. The van der Waals surface area contributed by atoms with Crippen molar-refractivity contribution in [1.29, 1.82) is 0 Å². The van der Waals surface area contributed by atoms with Crippen LogP contribution in [0.1, 0.15) is 34.8 Å². The summed E-state index contributed by atoms with van der Waals surface area (Å²) in [5, 5.41) is 0. The third-order valence-corrected chi connectivity index (χ3v) is 5.08. The molecule has 2 aromatic carbocycles. The molecule has 1 aromatic heterocycles. The van der Waals surface area contributed by atoms with Gasteiger partial charge in [0.05, 0.1) is 6.04 Å². The van der Waals surface area contributed by atoms with Crippen LogP contribution in [-0.4, -0.2) is 16.0 Å². The summed E-state index contributed by atoms with van der Waals surface area (Å²) >= 11 is 0. The molecule has 1 aliphatic rings. The lowest BCUT2D eigenvalue weighted by Gasteiger charge is -2.31. The summed E-state index contributed by atoms with van der Waals surface area (Å²) in [6.07, 6.45) is 3.09. The summed E-state index contributed by atoms with van der Waals surface area (Å²) < 4.78 is 29.6. The van der Waals surface area contributed by atoms with Crippen LogP contribution < -0.4 is 0 Å². The molecule has 1 atom stereocenters. The van der Waals surface area contributed by atoms with Crippen LogP contribution in [0.15, 0.2) is 60.8 Å². The number of aromatic nitrogens is 1. The lowest BCUT2D eigenvalue weighted by Crippen LogP contribution is -2.29. The maximum Gasteiger partial charge on any atom is 0.159 e. The molecule has 0 saturated carbocycles. The summed E-state index contributed by atoms with van der Waals surface area (Å²) in [7, 11) is 0. The van der Waals surface area contributed by atoms with Crippen LogP contribution in [0, 0.1) is 18.6 Å². The summed E-state index contributed by atoms with van der Waals surface area (Å²) in [5.74, 6) is -1.59. The minimum atomic E-state index is -0.803. The maximum atomic E-state index is 13.9. The van der Waals surface area contributed by atoms with Crippen molar-refractivity contribution in [1.82, 2.24) is 9.47 Å². The molecule has 0 unspecified atom stereocenters. The van der Waals surface area contributed by atoms with E-state index in [0.29, 0.717) is 0 Å². The highest BCUT2D eigenvalue weighted by molar-refractivity contribution is 5.31. The highest BCUT2D eigenvalue weighted by atomic mass is 19.2. The van der Waals surface area contributed by atoms with Crippen molar-refractivity contribution in [3.8, 4) is 0 Å². The van der Waals surface area contributed by atoms with Gasteiger partial charge in [0.1, 0.15) is 0 Å². The van der Waals surface area contributed by atoms with Gasteiger partial charge in [-0.3, -0.25) is 4.90 Å². The van der Waals surface area contributed by atoms with Gasteiger partial charge in [0.25, 0.3) is 0 Å². The van der Waals surface area contributed by atoms with Crippen molar-refractivity contribution < 1.29 is 8.78 Å². The Morgan fingerprint density at radius 3 is 2.65 bits per heavy atom. The van der Waals surface area contributed by atoms with E-state index in [1.54, 1.807) is 6.07 Å². The number of benzene rings is 2. The number of hydrogen-bond donors (Lipinski definition) is 0. The highest BCUT2D eigenvalue weighted by Crippen LogP contribution is 2.33. The molecule has 0 spiro atoms. The van der Waals surface area contributed by atoms with Gasteiger partial charge in [-0.1, -0.05) is 35.9 Å². The summed E-state index contributed by atoms with van der Waals surface area (Å²) in [6.45, 7) is 4.70. The van der Waals surface area contributed by atoms with E-state index in [2.05, 4.69) is 52.9 Å². The van der Waals surface area contributed by atoms with Crippen molar-refractivity contribution >= 4 is 0 Å². The van der Waals surface area contributed by atoms with E-state index in [1.165, 1.54) is 23.3 Å². The molecule has 0 radical (unpaired) electrons. The van der Waals surface area contributed by atoms with Crippen LogP contribution in [0.4, 0.5) is 8.78 Å². The molecule has 0 N–H and O–H groups in total. The van der Waals surface area contributed by atoms with Crippen LogP contribution in [0.5, 0.6) is 0 Å². The summed E-state index contributed by atoms with van der Waals surface area (Å²) in [4.78, 5) is 2.36. The molecule has 0 bridgehead atoms. The van der Waals surface area contributed by atoms with E-state index >= 15 is 0 Å². The van der Waals surface area contributed by atoms with Gasteiger partial charge in [-0.15, -0.1) is 0 Å². The minimum absolute atomic E-state index is 0.0943. The zero-order valence-corrected chi connectivity index (χ0v) is 14.8. The van der Waals surface area contributed by atoms with Gasteiger partial charge in [0, 0.05) is 31.5 Å². The normalized spacial score (nSPS) is 17.7. The van der Waals surface area contributed by atoms with Gasteiger partial charge in [-0.25, -0.2) is 8.78 Å². The first-order valence-corrected chi connectivity index (χ1v) is 9.01. The fraction of sp³-hybridized carbons (Fsp3) is 0.273. The molecule has 2 heterocycles. The second-order valence-corrected chi connectivity index (χ2v) is 7.02. The Labute approximate surface area is 152 Å². The molecule has 0 amide bonds. The molecule has 26 heavy (non-hydrogen) atoms. The second kappa shape index (κ2) is 7.04. The summed E-state index contributed by atoms with van der Waals surface area (Å²) in [5.41, 5.74) is 4.38. The Kier molecular flexibility index (Phi) is 4.60. The first-order chi connectivity index (χ1) is 12.6. The van der Waals surface area contributed by atoms with Crippen LogP contribution >= 0.6 is 0 Å². The maximum absolute atomic E-state index is 13.9. The molecule has 0 aliphatic carbocycles. The molecule has 0 saturated heterocycles. The third kappa shape index (κ3) is 3.29. The topological polar surface area (TPSA) is 8.17 Å². The minimum Gasteiger partial charge on any atom is -0.350 e. The number of nitrogens with zero attached hydrogens (tertiary/aromatic N) is 2. The molecule has 3 aromatic rings. The smallest absolute Gasteiger partial charge is 0.159 e. The predicted molar refractivity (Wildman–Crippen MR) is 98.8 cm³/mol. The second-order valence-electron chi connectivity index (χ2n) is 7.02. The van der Waals surface area contributed by atoms with E-state index < -0.39 is 11.6 Å². The molecule has 1 aliphatic heterocycles. The summed E-state index contributed by atoms with van der Waals surface area (Å²) in [6, 6.07) is 16.8. The number of aryl methyl sites for hydroxylation is 2. The Morgan fingerprint density at radius 1 is 0.962 bits per heavy atom. The lowest BCUT2D eigenvalue weighted by molar-refractivity contribution is 0.220. The first-order valence-electron chi connectivity index (χ1n) is 9.01. The van der Waals surface area contributed by atoms with Crippen molar-refractivity contribution in [3.05, 3.63) is 94.8 Å². The Hall–Kier alpha value is -2.46. The van der Waals surface area contributed by atoms with Gasteiger partial charge in [-0.2, -0.15) is 0 Å². The van der Waals surface area contributed by atoms with Gasteiger partial charge in [0.15, 0.2) is 11.6 Å². The standard InChI is InChI=1S/C22H22F2N2/c1-16-5-2-6-17(13-16)15-26-12-4-11-25-10-3-7-21(25)22(26)18-8-9-19(23)20(24)14-18/h2-3,5-10,13-14,22H,4,11-12,15H2,1H3/t22-/m1/s1. The van der Waals surface area contributed by atoms with E-state index in [9.17, 15) is 8.78 Å². The van der Waals surface area contributed by atoms with Crippen molar-refractivity contribution in [2.45, 2.75) is 32.5 Å². The molecule has 0 fully saturated rings. The zero-order chi connectivity index (χ0) is 18.1. The van der Waals surface area contributed by atoms with Gasteiger partial charge in [0.2, 0.25) is 0 Å². The monoisotopic (exact) mass is 352 g/mol. The van der Waals surface area contributed by atoms with E-state index in [-0.39, 0.29) is 6.04 Å². The number of hydrogen-bond acceptors (Lipinski definition) is 1. The van der Waals surface area contributed by atoms with Crippen LogP contribution in [0.2, 0.25) is 0 Å². The van der Waals surface area contributed by atoms with E-state index in [1.807, 2.05) is 6.07 Å². The number of halogens is 2. The quantitative estimate of drug-likeness (QED) is 0.639. The average Bonchev–Trinajstić information content (AvgIpc) is 3.00. The Morgan fingerprint density at radius 2 is 1.85 bits per heavy atom. The largest absolute Gasteiger partial charge is 0.350 e. The molecule has 4 heteroatoms. The van der Waals surface area contributed by atoms with Gasteiger partial charge < -0.3 is 4.57 Å². The van der Waals surface area contributed by atoms with Gasteiger partial charge in [-0.05, 0) is 48.7 Å². The van der Waals surface area contributed by atoms with Gasteiger partial charge >= 0.3 is 0 Å². The van der Waals surface area contributed by atoms with E-state index in [4.69, 9.17) is 0 Å². The van der Waals surface area contributed by atoms with Crippen LogP contribution in [0.25, 0.3) is 0 Å². The number of fused-ring (bicyclic) bond motifs is 1. The lowest BCUT2D eigenvalue weighted by atomic mass is 10.0. The van der Waals surface area contributed by atoms with Crippen molar-refractivity contribution in [2.75, 3.05) is 6.54 Å². The fourth-order valence-corrected chi connectivity index (χ4v) is 3.92. The Balaban J connectivity index is 1.76. The van der Waals surface area contributed by atoms with Crippen molar-refractivity contribution in [2.24, 2.45) is 0 Å². The van der Waals surface area contributed by atoms with Crippen molar-refractivity contribution in [3.63, 3.8) is 0 Å². The third-order valence-electron chi connectivity index (χ3n) is 5.08. The predicted octanol–water partition coefficient (Wildman–Crippen LogP) is 5.07. The fourth-order valence-electron chi connectivity index (χ4n) is 3.92. The molecule has 134 valence electrons. The van der Waals surface area contributed by atoms with Crippen LogP contribution in [-0.2, 0) is 13.1 Å². The number of rotatable bonds is 3.